The van der Waals surface area contributed by atoms with Crippen LogP contribution in [0.1, 0.15) is 12.5 Å². The molecule has 0 aromatic carbocycles. The summed E-state index contributed by atoms with van der Waals surface area (Å²) in [6, 6.07) is 4.13. The van der Waals surface area contributed by atoms with Gasteiger partial charge in [0, 0.05) is 38.9 Å². The van der Waals surface area contributed by atoms with Gasteiger partial charge in [0.2, 0.25) is 0 Å². The van der Waals surface area contributed by atoms with Crippen LogP contribution in [0.4, 0.5) is 5.82 Å². The molecule has 2 heterocycles. The molecule has 1 aliphatic rings. The average molecular weight is 314 g/mol. The molecule has 0 saturated carbocycles. The highest BCUT2D eigenvalue weighted by Gasteiger charge is 2.15. The first-order valence-corrected chi connectivity index (χ1v) is 8.07. The van der Waals surface area contributed by atoms with E-state index < -0.39 is 0 Å². The molecule has 6 heteroatoms. The zero-order valence-electron chi connectivity index (χ0n) is 14.0. The van der Waals surface area contributed by atoms with Crippen LogP contribution in [0.5, 0.6) is 0 Å². The second-order valence-corrected chi connectivity index (χ2v) is 5.57. The molecule has 1 fully saturated rings. The Morgan fingerprint density at radius 2 is 2.13 bits per heavy atom. The number of piperazine rings is 1. The molecular weight excluding hydrogens is 288 g/mol. The maximum Gasteiger partial charge on any atom is 0.192 e. The van der Waals surface area contributed by atoms with Crippen LogP contribution in [-0.4, -0.2) is 62.2 Å². The van der Waals surface area contributed by atoms with Crippen molar-refractivity contribution >= 4 is 11.8 Å². The lowest BCUT2D eigenvalue weighted by atomic mass is 10.2. The van der Waals surface area contributed by atoms with E-state index in [1.807, 2.05) is 19.2 Å². The Balaban J connectivity index is 2.00. The fourth-order valence-corrected chi connectivity index (χ4v) is 2.41. The number of aromatic nitrogens is 1. The summed E-state index contributed by atoms with van der Waals surface area (Å²) in [5, 5.41) is 6.28. The van der Waals surface area contributed by atoms with Gasteiger partial charge in [0.05, 0.1) is 13.1 Å². The molecule has 2 rings (SSSR count). The highest BCUT2D eigenvalue weighted by Crippen LogP contribution is 2.15. The van der Waals surface area contributed by atoms with Crippen molar-refractivity contribution in [3.05, 3.63) is 23.9 Å². The maximum atomic E-state index is 5.28. The third kappa shape index (κ3) is 5.46. The van der Waals surface area contributed by atoms with Gasteiger partial charge in [0.1, 0.15) is 5.82 Å². The van der Waals surface area contributed by atoms with Gasteiger partial charge in [0.15, 0.2) is 5.96 Å². The summed E-state index contributed by atoms with van der Waals surface area (Å²) >= 11 is 0. The van der Waals surface area contributed by atoms with Gasteiger partial charge in [-0.05, 0) is 31.7 Å². The van der Waals surface area contributed by atoms with Crippen LogP contribution in [0.2, 0.25) is 0 Å². The lowest BCUT2D eigenvalue weighted by molar-refractivity contribution is 0.312. The minimum absolute atomic E-state index is 0.467. The van der Waals surface area contributed by atoms with Crippen molar-refractivity contribution in [3.63, 3.8) is 0 Å². The number of nitrogens with zero attached hydrogens (tertiary/aromatic N) is 4. The fraction of sp³-hybridized carbons (Fsp3) is 0.529. The SMILES string of the molecule is C#CCNC(=NCc1ccnc(N2CCN(C)CC2)c1)NCC. The molecule has 1 saturated heterocycles. The monoisotopic (exact) mass is 314 g/mol. The molecule has 0 amide bonds. The summed E-state index contributed by atoms with van der Waals surface area (Å²) < 4.78 is 0. The van der Waals surface area contributed by atoms with Crippen molar-refractivity contribution in [2.45, 2.75) is 13.5 Å². The molecule has 124 valence electrons. The van der Waals surface area contributed by atoms with E-state index in [1.54, 1.807) is 0 Å². The first-order chi connectivity index (χ1) is 11.2. The van der Waals surface area contributed by atoms with E-state index >= 15 is 0 Å². The fourth-order valence-electron chi connectivity index (χ4n) is 2.41. The highest BCUT2D eigenvalue weighted by molar-refractivity contribution is 5.80. The molecule has 0 bridgehead atoms. The Morgan fingerprint density at radius 1 is 1.35 bits per heavy atom. The molecule has 2 N–H and O–H groups in total. The van der Waals surface area contributed by atoms with Gasteiger partial charge in [-0.2, -0.15) is 0 Å². The smallest absolute Gasteiger partial charge is 0.192 e. The van der Waals surface area contributed by atoms with Gasteiger partial charge in [0.25, 0.3) is 0 Å². The van der Waals surface area contributed by atoms with E-state index in [0.29, 0.717) is 13.1 Å². The molecule has 0 unspecified atom stereocenters. The molecule has 1 aliphatic heterocycles. The summed E-state index contributed by atoms with van der Waals surface area (Å²) in [6.45, 7) is 8.09. The Morgan fingerprint density at radius 3 is 2.83 bits per heavy atom. The first kappa shape index (κ1) is 17.1. The van der Waals surface area contributed by atoms with E-state index in [0.717, 1.165) is 50.1 Å². The third-order valence-electron chi connectivity index (χ3n) is 3.76. The summed E-state index contributed by atoms with van der Waals surface area (Å²) in [6.07, 6.45) is 7.14. The number of anilines is 1. The molecule has 23 heavy (non-hydrogen) atoms. The van der Waals surface area contributed by atoms with Crippen LogP contribution < -0.4 is 15.5 Å². The van der Waals surface area contributed by atoms with Crippen molar-refractivity contribution in [3.8, 4) is 12.3 Å². The Labute approximate surface area is 139 Å². The number of hydrogen-bond donors (Lipinski definition) is 2. The molecule has 0 radical (unpaired) electrons. The van der Waals surface area contributed by atoms with E-state index in [2.05, 4.69) is 49.4 Å². The molecule has 6 nitrogen and oxygen atoms in total. The van der Waals surface area contributed by atoms with Crippen molar-refractivity contribution in [2.75, 3.05) is 51.2 Å². The van der Waals surface area contributed by atoms with Crippen molar-refractivity contribution in [2.24, 2.45) is 4.99 Å². The number of terminal acetylenes is 1. The number of hydrogen-bond acceptors (Lipinski definition) is 4. The molecule has 0 atom stereocenters. The predicted molar refractivity (Wildman–Crippen MR) is 95.6 cm³/mol. The van der Waals surface area contributed by atoms with Gasteiger partial charge < -0.3 is 20.4 Å². The van der Waals surface area contributed by atoms with Crippen LogP contribution in [-0.2, 0) is 6.54 Å². The van der Waals surface area contributed by atoms with Gasteiger partial charge >= 0.3 is 0 Å². The van der Waals surface area contributed by atoms with Gasteiger partial charge in [-0.15, -0.1) is 6.42 Å². The number of likely N-dealkylation sites (N-methyl/N-ethyl adjacent to an activating group) is 1. The van der Waals surface area contributed by atoms with Crippen molar-refractivity contribution < 1.29 is 0 Å². The van der Waals surface area contributed by atoms with Gasteiger partial charge in [-0.3, -0.25) is 0 Å². The van der Waals surface area contributed by atoms with Crippen LogP contribution in [0.3, 0.4) is 0 Å². The summed E-state index contributed by atoms with van der Waals surface area (Å²) in [7, 11) is 2.15. The second kappa shape index (κ2) is 9.01. The molecular formula is C17H26N6. The third-order valence-corrected chi connectivity index (χ3v) is 3.76. The number of guanidine groups is 1. The first-order valence-electron chi connectivity index (χ1n) is 8.07. The molecule has 0 aliphatic carbocycles. The molecule has 1 aromatic heterocycles. The second-order valence-electron chi connectivity index (χ2n) is 5.57. The number of rotatable bonds is 5. The van der Waals surface area contributed by atoms with Crippen molar-refractivity contribution in [1.82, 2.24) is 20.5 Å². The van der Waals surface area contributed by atoms with Crippen LogP contribution in [0.25, 0.3) is 0 Å². The summed E-state index contributed by atoms with van der Waals surface area (Å²) in [5.74, 6) is 4.33. The quantitative estimate of drug-likeness (QED) is 0.471. The predicted octanol–water partition coefficient (Wildman–Crippen LogP) is 0.522. The lowest BCUT2D eigenvalue weighted by Gasteiger charge is -2.33. The number of pyridine rings is 1. The Bertz CT molecular complexity index is 554. The van der Waals surface area contributed by atoms with E-state index in [9.17, 15) is 0 Å². The molecule has 1 aromatic rings. The Kier molecular flexibility index (Phi) is 6.70. The van der Waals surface area contributed by atoms with E-state index in [-0.39, 0.29) is 0 Å². The molecule has 0 spiro atoms. The average Bonchev–Trinajstić information content (AvgIpc) is 2.58. The largest absolute Gasteiger partial charge is 0.357 e. The summed E-state index contributed by atoms with van der Waals surface area (Å²) in [4.78, 5) is 13.7. The Hall–Kier alpha value is -2.26. The minimum atomic E-state index is 0.467. The normalized spacial score (nSPS) is 16.0. The zero-order chi connectivity index (χ0) is 16.5. The highest BCUT2D eigenvalue weighted by atomic mass is 15.3. The number of aliphatic imine (C=N–C) groups is 1. The van der Waals surface area contributed by atoms with Crippen molar-refractivity contribution in [1.29, 1.82) is 0 Å². The van der Waals surface area contributed by atoms with E-state index in [4.69, 9.17) is 6.42 Å². The van der Waals surface area contributed by atoms with E-state index in [1.165, 1.54) is 0 Å². The lowest BCUT2D eigenvalue weighted by Crippen LogP contribution is -2.44. The van der Waals surface area contributed by atoms with Crippen LogP contribution in [0.15, 0.2) is 23.3 Å². The summed E-state index contributed by atoms with van der Waals surface area (Å²) in [5.41, 5.74) is 1.15. The van der Waals surface area contributed by atoms with Gasteiger partial charge in [-0.25, -0.2) is 9.98 Å². The minimum Gasteiger partial charge on any atom is -0.357 e. The maximum absolute atomic E-state index is 5.28. The van der Waals surface area contributed by atoms with Crippen LogP contribution in [0, 0.1) is 12.3 Å². The number of nitrogens with one attached hydrogen (secondary N) is 2. The zero-order valence-corrected chi connectivity index (χ0v) is 14.0. The topological polar surface area (TPSA) is 55.8 Å². The van der Waals surface area contributed by atoms with Crippen LogP contribution >= 0.6 is 0 Å². The standard InChI is InChI=1S/C17H26N6/c1-4-7-20-17(18-5-2)21-14-15-6-8-19-16(13-15)23-11-9-22(3)10-12-23/h1,6,8,13H,5,7,9-12,14H2,2-3H3,(H2,18,20,21). The van der Waals surface area contributed by atoms with Gasteiger partial charge in [-0.1, -0.05) is 5.92 Å².